The number of benzene rings is 1. The molecule has 1 spiro atoms. The van der Waals surface area contributed by atoms with E-state index in [1.807, 2.05) is 36.9 Å². The fourth-order valence-electron chi connectivity index (χ4n) is 4.80. The molecule has 2 amide bonds. The van der Waals surface area contributed by atoms with Crippen LogP contribution in [0.2, 0.25) is 0 Å². The fourth-order valence-corrected chi connectivity index (χ4v) is 4.80. The van der Waals surface area contributed by atoms with Gasteiger partial charge in [0.2, 0.25) is 11.8 Å². The number of likely N-dealkylation sites (tertiary alicyclic amines) is 2. The Morgan fingerprint density at radius 3 is 2.55 bits per heavy atom. The van der Waals surface area contributed by atoms with Gasteiger partial charge in [-0.15, -0.1) is 0 Å². The number of amides is 2. The van der Waals surface area contributed by atoms with Crippen molar-refractivity contribution in [2.45, 2.75) is 26.8 Å². The first-order valence-electron chi connectivity index (χ1n) is 10.1. The van der Waals surface area contributed by atoms with Crippen molar-refractivity contribution in [2.24, 2.45) is 11.3 Å². The van der Waals surface area contributed by atoms with Crippen LogP contribution in [0.25, 0.3) is 0 Å². The summed E-state index contributed by atoms with van der Waals surface area (Å²) < 4.78 is 5.17. The molecule has 2 aromatic rings. The van der Waals surface area contributed by atoms with E-state index in [1.54, 1.807) is 7.05 Å². The van der Waals surface area contributed by atoms with Gasteiger partial charge in [-0.3, -0.25) is 14.5 Å². The highest BCUT2D eigenvalue weighted by molar-refractivity contribution is 5.83. The minimum absolute atomic E-state index is 0.0679. The summed E-state index contributed by atoms with van der Waals surface area (Å²) in [4.78, 5) is 29.6. The number of aryl methyl sites for hydroxylation is 2. The van der Waals surface area contributed by atoms with Gasteiger partial charge < -0.3 is 14.7 Å². The lowest BCUT2D eigenvalue weighted by molar-refractivity contribution is -0.149. The predicted molar refractivity (Wildman–Crippen MR) is 108 cm³/mol. The first-order chi connectivity index (χ1) is 13.9. The van der Waals surface area contributed by atoms with Gasteiger partial charge in [-0.2, -0.15) is 0 Å². The average molecular weight is 396 g/mol. The van der Waals surface area contributed by atoms with Gasteiger partial charge in [-0.05, 0) is 19.4 Å². The van der Waals surface area contributed by atoms with E-state index < -0.39 is 0 Å². The van der Waals surface area contributed by atoms with Crippen molar-refractivity contribution in [2.75, 3.05) is 33.2 Å². The maximum atomic E-state index is 12.8. The third kappa shape index (κ3) is 3.67. The van der Waals surface area contributed by atoms with Crippen molar-refractivity contribution >= 4 is 11.8 Å². The minimum atomic E-state index is -0.163. The van der Waals surface area contributed by atoms with Crippen molar-refractivity contribution in [1.29, 1.82) is 0 Å². The summed E-state index contributed by atoms with van der Waals surface area (Å²) in [6, 6.07) is 10.3. The molecule has 1 unspecified atom stereocenters. The Hall–Kier alpha value is -2.67. The molecule has 0 bridgehead atoms. The van der Waals surface area contributed by atoms with Crippen LogP contribution in [-0.2, 0) is 22.6 Å². The van der Waals surface area contributed by atoms with E-state index in [0.717, 1.165) is 30.9 Å². The summed E-state index contributed by atoms with van der Waals surface area (Å²) >= 11 is 0. The summed E-state index contributed by atoms with van der Waals surface area (Å²) in [6.07, 6.45) is 0.301. The van der Waals surface area contributed by atoms with Gasteiger partial charge in [0.15, 0.2) is 0 Å². The summed E-state index contributed by atoms with van der Waals surface area (Å²) in [7, 11) is 1.69. The first-order valence-corrected chi connectivity index (χ1v) is 10.1. The average Bonchev–Trinajstić information content (AvgIpc) is 3.22. The minimum Gasteiger partial charge on any atom is -0.361 e. The second-order valence-corrected chi connectivity index (χ2v) is 8.41. The quantitative estimate of drug-likeness (QED) is 0.830. The van der Waals surface area contributed by atoms with Crippen molar-refractivity contribution in [1.82, 2.24) is 20.3 Å². The Morgan fingerprint density at radius 2 is 1.93 bits per heavy atom. The summed E-state index contributed by atoms with van der Waals surface area (Å²) in [5.74, 6) is 0.740. The highest BCUT2D eigenvalue weighted by Gasteiger charge is 2.57. The van der Waals surface area contributed by atoms with E-state index in [-0.39, 0.29) is 23.1 Å². The predicted octanol–water partition coefficient (Wildman–Crippen LogP) is 1.54. The molecule has 7 nitrogen and oxygen atoms in total. The molecule has 2 aliphatic rings. The molecule has 3 heterocycles. The number of rotatable bonds is 5. The number of nitrogens with zero attached hydrogens (tertiary/aromatic N) is 3. The van der Waals surface area contributed by atoms with Gasteiger partial charge in [0, 0.05) is 50.7 Å². The Kier molecular flexibility index (Phi) is 5.17. The molecule has 0 aliphatic carbocycles. The molecule has 2 saturated heterocycles. The number of hydrogen-bond acceptors (Lipinski definition) is 5. The van der Waals surface area contributed by atoms with Crippen LogP contribution in [0.4, 0.5) is 0 Å². The standard InChI is InChI=1S/C22H28N4O3/c1-15-18(16(2)29-24-15)9-20(27)26-13-22(14-26)12-25(11-19(22)21(28)23-3)10-17-7-5-4-6-8-17/h4-8,19H,9-14H2,1-3H3,(H,23,28). The van der Waals surface area contributed by atoms with E-state index >= 15 is 0 Å². The molecule has 2 aliphatic heterocycles. The fraction of sp³-hybridized carbons (Fsp3) is 0.500. The van der Waals surface area contributed by atoms with Crippen molar-refractivity contribution in [3.63, 3.8) is 0 Å². The Bertz CT molecular complexity index is 883. The maximum absolute atomic E-state index is 12.8. The normalized spacial score (nSPS) is 20.7. The molecule has 2 fully saturated rings. The molecular weight excluding hydrogens is 368 g/mol. The topological polar surface area (TPSA) is 78.7 Å². The molecule has 0 radical (unpaired) electrons. The molecule has 0 saturated carbocycles. The summed E-state index contributed by atoms with van der Waals surface area (Å²) in [5.41, 5.74) is 2.72. The second kappa shape index (κ2) is 7.63. The molecule has 7 heteroatoms. The Labute approximate surface area is 171 Å². The van der Waals surface area contributed by atoms with Gasteiger partial charge in [-0.1, -0.05) is 35.5 Å². The molecule has 4 rings (SSSR count). The van der Waals surface area contributed by atoms with Crippen LogP contribution < -0.4 is 5.32 Å². The van der Waals surface area contributed by atoms with E-state index in [2.05, 4.69) is 27.5 Å². The Morgan fingerprint density at radius 1 is 1.21 bits per heavy atom. The largest absolute Gasteiger partial charge is 0.361 e. The molecular formula is C22H28N4O3. The number of carbonyl (C=O) groups is 2. The molecule has 1 aromatic carbocycles. The Balaban J connectivity index is 1.43. The van der Waals surface area contributed by atoms with Gasteiger partial charge in [0.05, 0.1) is 18.0 Å². The lowest BCUT2D eigenvalue weighted by Gasteiger charge is -2.50. The number of hydrogen-bond donors (Lipinski definition) is 1. The second-order valence-electron chi connectivity index (χ2n) is 8.41. The van der Waals surface area contributed by atoms with E-state index in [1.165, 1.54) is 5.56 Å². The zero-order valence-electron chi connectivity index (χ0n) is 17.3. The van der Waals surface area contributed by atoms with Gasteiger partial charge in [-0.25, -0.2) is 0 Å². The number of aromatic nitrogens is 1. The lowest BCUT2D eigenvalue weighted by atomic mass is 9.71. The zero-order valence-corrected chi connectivity index (χ0v) is 17.3. The lowest BCUT2D eigenvalue weighted by Crippen LogP contribution is -2.64. The molecule has 154 valence electrons. The van der Waals surface area contributed by atoms with Crippen molar-refractivity contribution in [3.05, 3.63) is 52.9 Å². The van der Waals surface area contributed by atoms with Crippen LogP contribution in [0.5, 0.6) is 0 Å². The van der Waals surface area contributed by atoms with Crippen LogP contribution in [-0.4, -0.2) is 60.0 Å². The maximum Gasteiger partial charge on any atom is 0.227 e. The highest BCUT2D eigenvalue weighted by atomic mass is 16.5. The number of carbonyl (C=O) groups excluding carboxylic acids is 2. The van der Waals surface area contributed by atoms with Gasteiger partial charge in [0.1, 0.15) is 5.76 Å². The van der Waals surface area contributed by atoms with E-state index in [4.69, 9.17) is 4.52 Å². The SMILES string of the molecule is CNC(=O)C1CN(Cc2ccccc2)CC12CN(C(=O)Cc1c(C)noc1C)C2. The summed E-state index contributed by atoms with van der Waals surface area (Å²) in [5, 5.41) is 6.75. The van der Waals surface area contributed by atoms with E-state index in [9.17, 15) is 9.59 Å². The van der Waals surface area contributed by atoms with Crippen molar-refractivity contribution < 1.29 is 14.1 Å². The monoisotopic (exact) mass is 396 g/mol. The number of nitrogens with one attached hydrogen (secondary N) is 1. The molecule has 29 heavy (non-hydrogen) atoms. The third-order valence-corrected chi connectivity index (χ3v) is 6.40. The van der Waals surface area contributed by atoms with Crippen LogP contribution in [0, 0.1) is 25.2 Å². The molecule has 1 aromatic heterocycles. The highest BCUT2D eigenvalue weighted by Crippen LogP contribution is 2.44. The third-order valence-electron chi connectivity index (χ3n) is 6.40. The first kappa shape index (κ1) is 19.6. The van der Waals surface area contributed by atoms with Crippen LogP contribution in [0.3, 0.4) is 0 Å². The zero-order chi connectivity index (χ0) is 20.6. The van der Waals surface area contributed by atoms with Gasteiger partial charge in [0.25, 0.3) is 0 Å². The van der Waals surface area contributed by atoms with Crippen LogP contribution in [0.1, 0.15) is 22.6 Å². The molecule has 1 N–H and O–H groups in total. The van der Waals surface area contributed by atoms with Crippen LogP contribution >= 0.6 is 0 Å². The smallest absolute Gasteiger partial charge is 0.227 e. The molecule has 1 atom stereocenters. The van der Waals surface area contributed by atoms with Crippen molar-refractivity contribution in [3.8, 4) is 0 Å². The van der Waals surface area contributed by atoms with Crippen LogP contribution in [0.15, 0.2) is 34.9 Å². The van der Waals surface area contributed by atoms with E-state index in [0.29, 0.717) is 25.3 Å². The van der Waals surface area contributed by atoms with Gasteiger partial charge >= 0.3 is 0 Å². The summed E-state index contributed by atoms with van der Waals surface area (Å²) in [6.45, 7) is 7.31.